The highest BCUT2D eigenvalue weighted by atomic mass is 32.2. The predicted molar refractivity (Wildman–Crippen MR) is 41.8 cm³/mol. The summed E-state index contributed by atoms with van der Waals surface area (Å²) in [6, 6.07) is 0. The molecule has 0 spiro atoms. The molecule has 9 heavy (non-hydrogen) atoms. The largest absolute Gasteiger partial charge is 0.347 e. The Labute approximate surface area is 60.4 Å². The van der Waals surface area contributed by atoms with Crippen molar-refractivity contribution in [2.24, 2.45) is 0 Å². The number of thioether (sulfide) groups is 1. The van der Waals surface area contributed by atoms with Crippen LogP contribution in [-0.2, 0) is 0 Å². The SMILES string of the molecule is CCCCNC(=O)SC. The number of hydrogen-bond acceptors (Lipinski definition) is 2. The standard InChI is InChI=1S/C6H13NOS/c1-3-4-5-7-6(8)9-2/h3-5H2,1-2H3,(H,7,8). The highest BCUT2D eigenvalue weighted by Crippen LogP contribution is 1.92. The van der Waals surface area contributed by atoms with E-state index in [4.69, 9.17) is 0 Å². The van der Waals surface area contributed by atoms with Crippen molar-refractivity contribution in [3.8, 4) is 0 Å². The van der Waals surface area contributed by atoms with Crippen LogP contribution in [0.25, 0.3) is 0 Å². The maximum absolute atomic E-state index is 10.5. The molecule has 0 fully saturated rings. The fourth-order valence-electron chi connectivity index (χ4n) is 0.439. The topological polar surface area (TPSA) is 29.1 Å². The van der Waals surface area contributed by atoms with E-state index in [-0.39, 0.29) is 5.24 Å². The summed E-state index contributed by atoms with van der Waals surface area (Å²) >= 11 is 1.23. The van der Waals surface area contributed by atoms with Crippen molar-refractivity contribution in [1.82, 2.24) is 5.32 Å². The molecule has 0 rings (SSSR count). The third kappa shape index (κ3) is 5.69. The second-order valence-electron chi connectivity index (χ2n) is 1.77. The number of hydrogen-bond donors (Lipinski definition) is 1. The summed E-state index contributed by atoms with van der Waals surface area (Å²) in [5.74, 6) is 0. The van der Waals surface area contributed by atoms with Gasteiger partial charge in [0.05, 0.1) is 0 Å². The quantitative estimate of drug-likeness (QED) is 0.617. The molecule has 0 radical (unpaired) electrons. The third-order valence-electron chi connectivity index (χ3n) is 0.985. The summed E-state index contributed by atoms with van der Waals surface area (Å²) in [7, 11) is 0. The number of carbonyl (C=O) groups excluding carboxylic acids is 1. The van der Waals surface area contributed by atoms with Crippen LogP contribution in [0.3, 0.4) is 0 Å². The van der Waals surface area contributed by atoms with E-state index >= 15 is 0 Å². The Balaban J connectivity index is 2.97. The average molecular weight is 147 g/mol. The molecule has 0 atom stereocenters. The Morgan fingerprint density at radius 2 is 2.33 bits per heavy atom. The van der Waals surface area contributed by atoms with E-state index in [0.717, 1.165) is 19.4 Å². The fourth-order valence-corrected chi connectivity index (χ4v) is 0.686. The van der Waals surface area contributed by atoms with Crippen LogP contribution in [0.5, 0.6) is 0 Å². The van der Waals surface area contributed by atoms with Gasteiger partial charge >= 0.3 is 0 Å². The molecular weight excluding hydrogens is 134 g/mol. The minimum absolute atomic E-state index is 0.0726. The molecule has 0 aliphatic rings. The van der Waals surface area contributed by atoms with Crippen molar-refractivity contribution in [1.29, 1.82) is 0 Å². The van der Waals surface area contributed by atoms with E-state index in [1.54, 1.807) is 6.26 Å². The van der Waals surface area contributed by atoms with Crippen molar-refractivity contribution in [3.05, 3.63) is 0 Å². The molecule has 0 aromatic heterocycles. The third-order valence-corrected chi connectivity index (χ3v) is 1.50. The average Bonchev–Trinajstić information content (AvgIpc) is 1.89. The zero-order valence-corrected chi connectivity index (χ0v) is 6.75. The van der Waals surface area contributed by atoms with Crippen LogP contribution in [0, 0.1) is 0 Å². The lowest BCUT2D eigenvalue weighted by Gasteiger charge is -1.98. The molecule has 0 aromatic carbocycles. The monoisotopic (exact) mass is 147 g/mol. The van der Waals surface area contributed by atoms with Crippen molar-refractivity contribution in [3.63, 3.8) is 0 Å². The van der Waals surface area contributed by atoms with Crippen LogP contribution in [-0.4, -0.2) is 18.0 Å². The van der Waals surface area contributed by atoms with Gasteiger partial charge < -0.3 is 5.32 Å². The number of unbranched alkanes of at least 4 members (excludes halogenated alkanes) is 1. The van der Waals surface area contributed by atoms with Gasteiger partial charge in [0.1, 0.15) is 0 Å². The van der Waals surface area contributed by atoms with Crippen LogP contribution in [0.2, 0.25) is 0 Å². The molecule has 1 N–H and O–H groups in total. The van der Waals surface area contributed by atoms with Crippen molar-refractivity contribution in [2.75, 3.05) is 12.8 Å². The molecule has 0 heterocycles. The van der Waals surface area contributed by atoms with Gasteiger partial charge in [-0.05, 0) is 12.7 Å². The molecule has 0 aliphatic carbocycles. The summed E-state index contributed by atoms with van der Waals surface area (Å²) in [6.45, 7) is 2.92. The zero-order chi connectivity index (χ0) is 7.11. The van der Waals surface area contributed by atoms with E-state index in [9.17, 15) is 4.79 Å². The number of rotatable bonds is 3. The molecule has 0 aliphatic heterocycles. The Morgan fingerprint density at radius 1 is 1.67 bits per heavy atom. The van der Waals surface area contributed by atoms with Crippen molar-refractivity contribution in [2.45, 2.75) is 19.8 Å². The number of amides is 1. The van der Waals surface area contributed by atoms with E-state index < -0.39 is 0 Å². The van der Waals surface area contributed by atoms with E-state index in [0.29, 0.717) is 0 Å². The van der Waals surface area contributed by atoms with Crippen LogP contribution in [0.15, 0.2) is 0 Å². The lowest BCUT2D eigenvalue weighted by Crippen LogP contribution is -2.18. The highest BCUT2D eigenvalue weighted by molar-refractivity contribution is 8.12. The van der Waals surface area contributed by atoms with E-state index in [2.05, 4.69) is 12.2 Å². The number of carbonyl (C=O) groups is 1. The molecule has 0 aromatic rings. The number of nitrogens with one attached hydrogen (secondary N) is 1. The normalized spacial score (nSPS) is 9.11. The van der Waals surface area contributed by atoms with E-state index in [1.807, 2.05) is 0 Å². The summed E-state index contributed by atoms with van der Waals surface area (Å²) in [4.78, 5) is 10.5. The van der Waals surface area contributed by atoms with Gasteiger partial charge in [-0.2, -0.15) is 0 Å². The first-order valence-electron chi connectivity index (χ1n) is 3.13. The molecule has 2 nitrogen and oxygen atoms in total. The highest BCUT2D eigenvalue weighted by Gasteiger charge is 1.92. The van der Waals surface area contributed by atoms with Crippen molar-refractivity contribution >= 4 is 17.0 Å². The summed E-state index contributed by atoms with van der Waals surface area (Å²) < 4.78 is 0. The first-order chi connectivity index (χ1) is 4.31. The second-order valence-corrected chi connectivity index (χ2v) is 2.55. The van der Waals surface area contributed by atoms with Gasteiger partial charge in [0, 0.05) is 6.54 Å². The first kappa shape index (κ1) is 8.82. The first-order valence-corrected chi connectivity index (χ1v) is 4.35. The molecule has 3 heteroatoms. The summed E-state index contributed by atoms with van der Waals surface area (Å²) in [5.41, 5.74) is 0. The molecule has 1 amide bonds. The van der Waals surface area contributed by atoms with Gasteiger partial charge in [-0.3, -0.25) is 4.79 Å². The van der Waals surface area contributed by atoms with Crippen LogP contribution < -0.4 is 5.32 Å². The summed E-state index contributed by atoms with van der Waals surface area (Å²) in [5, 5.41) is 2.83. The molecule has 0 saturated carbocycles. The summed E-state index contributed by atoms with van der Waals surface area (Å²) in [6.07, 6.45) is 3.99. The van der Waals surface area contributed by atoms with Gasteiger partial charge in [0.2, 0.25) is 0 Å². The maximum Gasteiger partial charge on any atom is 0.278 e. The van der Waals surface area contributed by atoms with Crippen LogP contribution in [0.1, 0.15) is 19.8 Å². The second kappa shape index (κ2) is 5.95. The molecule has 54 valence electrons. The maximum atomic E-state index is 10.5. The molecule has 0 unspecified atom stereocenters. The van der Waals surface area contributed by atoms with Gasteiger partial charge in [-0.1, -0.05) is 25.1 Å². The van der Waals surface area contributed by atoms with Gasteiger partial charge in [-0.25, -0.2) is 0 Å². The smallest absolute Gasteiger partial charge is 0.278 e. The van der Waals surface area contributed by atoms with Gasteiger partial charge in [-0.15, -0.1) is 0 Å². The van der Waals surface area contributed by atoms with Gasteiger partial charge in [0.25, 0.3) is 5.24 Å². The lowest BCUT2D eigenvalue weighted by atomic mass is 10.3. The Bertz CT molecular complexity index is 85.1. The van der Waals surface area contributed by atoms with Crippen molar-refractivity contribution < 1.29 is 4.79 Å². The minimum Gasteiger partial charge on any atom is -0.347 e. The Kier molecular flexibility index (Phi) is 5.83. The lowest BCUT2D eigenvalue weighted by molar-refractivity contribution is 0.260. The molecule has 0 saturated heterocycles. The Hall–Kier alpha value is -0.180. The van der Waals surface area contributed by atoms with Crippen LogP contribution in [0.4, 0.5) is 4.79 Å². The predicted octanol–water partition coefficient (Wildman–Crippen LogP) is 1.86. The molecule has 0 bridgehead atoms. The zero-order valence-electron chi connectivity index (χ0n) is 5.94. The minimum atomic E-state index is 0.0726. The Morgan fingerprint density at radius 3 is 2.78 bits per heavy atom. The molecular formula is C6H13NOS. The van der Waals surface area contributed by atoms with E-state index in [1.165, 1.54) is 11.8 Å². The van der Waals surface area contributed by atoms with Crippen LogP contribution >= 0.6 is 11.8 Å². The van der Waals surface area contributed by atoms with Gasteiger partial charge in [0.15, 0.2) is 0 Å². The fraction of sp³-hybridized carbons (Fsp3) is 0.833.